The van der Waals surface area contributed by atoms with Crippen molar-refractivity contribution in [3.05, 3.63) is 23.3 Å². The maximum Gasteiger partial charge on any atom is 0.241 e. The van der Waals surface area contributed by atoms with Gasteiger partial charge in [0, 0.05) is 24.8 Å². The van der Waals surface area contributed by atoms with Gasteiger partial charge in [0.15, 0.2) is 0 Å². The van der Waals surface area contributed by atoms with Crippen LogP contribution in [0.3, 0.4) is 0 Å². The SMILES string of the molecule is CCNc1cc(C)c(S(=O)(=O)NC2CCN(C)C2)c(C)c1. The van der Waals surface area contributed by atoms with Gasteiger partial charge in [0.1, 0.15) is 0 Å². The zero-order valence-corrected chi connectivity index (χ0v) is 14.0. The van der Waals surface area contributed by atoms with Crippen LogP contribution in [-0.2, 0) is 10.0 Å². The molecule has 1 fully saturated rings. The van der Waals surface area contributed by atoms with Crippen LogP contribution >= 0.6 is 0 Å². The molecule has 6 heteroatoms. The fourth-order valence-corrected chi connectivity index (χ4v) is 4.70. The molecule has 0 aromatic heterocycles. The molecule has 1 unspecified atom stereocenters. The summed E-state index contributed by atoms with van der Waals surface area (Å²) in [5.41, 5.74) is 2.53. The summed E-state index contributed by atoms with van der Waals surface area (Å²) in [6.07, 6.45) is 0.864. The van der Waals surface area contributed by atoms with E-state index in [2.05, 4.69) is 14.9 Å². The third-order valence-electron chi connectivity index (χ3n) is 3.82. The van der Waals surface area contributed by atoms with E-state index >= 15 is 0 Å². The van der Waals surface area contributed by atoms with Crippen LogP contribution in [0, 0.1) is 13.8 Å². The van der Waals surface area contributed by atoms with Crippen LogP contribution in [-0.4, -0.2) is 46.0 Å². The number of nitrogens with one attached hydrogen (secondary N) is 2. The molecule has 0 saturated carbocycles. The quantitative estimate of drug-likeness (QED) is 0.869. The molecule has 0 radical (unpaired) electrons. The Kier molecular flexibility index (Phi) is 4.91. The van der Waals surface area contributed by atoms with Crippen molar-refractivity contribution in [2.24, 2.45) is 0 Å². The van der Waals surface area contributed by atoms with E-state index in [1.807, 2.05) is 40.0 Å². The molecule has 0 spiro atoms. The van der Waals surface area contributed by atoms with Crippen molar-refractivity contribution in [1.29, 1.82) is 0 Å². The molecule has 1 heterocycles. The van der Waals surface area contributed by atoms with E-state index in [1.165, 1.54) is 0 Å². The first-order valence-corrected chi connectivity index (χ1v) is 8.87. The highest BCUT2D eigenvalue weighted by molar-refractivity contribution is 7.89. The Balaban J connectivity index is 2.27. The Morgan fingerprint density at radius 2 is 1.90 bits per heavy atom. The van der Waals surface area contributed by atoms with Crippen molar-refractivity contribution < 1.29 is 8.42 Å². The van der Waals surface area contributed by atoms with Crippen LogP contribution in [0.25, 0.3) is 0 Å². The first-order chi connectivity index (χ1) is 9.83. The second kappa shape index (κ2) is 6.34. The molecule has 1 aliphatic heterocycles. The Labute approximate surface area is 127 Å². The zero-order chi connectivity index (χ0) is 15.6. The first kappa shape index (κ1) is 16.3. The van der Waals surface area contributed by atoms with E-state index in [0.29, 0.717) is 4.90 Å². The predicted octanol–water partition coefficient (Wildman–Crippen LogP) is 1.72. The lowest BCUT2D eigenvalue weighted by Crippen LogP contribution is -2.37. The standard InChI is InChI=1S/C15H25N3O2S/c1-5-16-14-8-11(2)15(12(3)9-14)21(19,20)17-13-6-7-18(4)10-13/h8-9,13,16-17H,5-7,10H2,1-4H3. The summed E-state index contributed by atoms with van der Waals surface area (Å²) in [7, 11) is -1.45. The van der Waals surface area contributed by atoms with Crippen molar-refractivity contribution in [3.8, 4) is 0 Å². The predicted molar refractivity (Wildman–Crippen MR) is 86.3 cm³/mol. The molecule has 0 amide bonds. The number of rotatable bonds is 5. The molecule has 1 atom stereocenters. The van der Waals surface area contributed by atoms with Gasteiger partial charge in [-0.1, -0.05) is 0 Å². The first-order valence-electron chi connectivity index (χ1n) is 7.39. The number of likely N-dealkylation sites (N-methyl/N-ethyl adjacent to an activating group) is 1. The van der Waals surface area contributed by atoms with Gasteiger partial charge in [-0.15, -0.1) is 0 Å². The summed E-state index contributed by atoms with van der Waals surface area (Å²) < 4.78 is 28.2. The van der Waals surface area contributed by atoms with Crippen molar-refractivity contribution in [1.82, 2.24) is 9.62 Å². The van der Waals surface area contributed by atoms with Gasteiger partial charge >= 0.3 is 0 Å². The molecule has 0 bridgehead atoms. The summed E-state index contributed by atoms with van der Waals surface area (Å²) >= 11 is 0. The van der Waals surface area contributed by atoms with Gasteiger partial charge in [-0.25, -0.2) is 13.1 Å². The van der Waals surface area contributed by atoms with E-state index in [4.69, 9.17) is 0 Å². The lowest BCUT2D eigenvalue weighted by molar-refractivity contribution is 0.407. The minimum absolute atomic E-state index is 0.00671. The van der Waals surface area contributed by atoms with Gasteiger partial charge in [-0.2, -0.15) is 0 Å². The number of nitrogens with zero attached hydrogens (tertiary/aromatic N) is 1. The molecule has 21 heavy (non-hydrogen) atoms. The molecule has 0 aliphatic carbocycles. The number of sulfonamides is 1. The molecule has 1 aliphatic rings. The van der Waals surface area contributed by atoms with Crippen LogP contribution in [0.4, 0.5) is 5.69 Å². The fraction of sp³-hybridized carbons (Fsp3) is 0.600. The summed E-state index contributed by atoms with van der Waals surface area (Å²) in [6, 6.07) is 3.80. The molecule has 1 aromatic rings. The van der Waals surface area contributed by atoms with Gasteiger partial charge < -0.3 is 10.2 Å². The monoisotopic (exact) mass is 311 g/mol. The molecule has 2 N–H and O–H groups in total. The highest BCUT2D eigenvalue weighted by atomic mass is 32.2. The van der Waals surface area contributed by atoms with Crippen LogP contribution in [0.1, 0.15) is 24.5 Å². The van der Waals surface area contributed by atoms with Gasteiger partial charge in [0.25, 0.3) is 0 Å². The molecule has 2 rings (SSSR count). The van der Waals surface area contributed by atoms with E-state index in [-0.39, 0.29) is 6.04 Å². The third kappa shape index (κ3) is 3.75. The summed E-state index contributed by atoms with van der Waals surface area (Å²) in [6.45, 7) is 8.24. The van der Waals surface area contributed by atoms with Crippen molar-refractivity contribution >= 4 is 15.7 Å². The number of hydrogen-bond donors (Lipinski definition) is 2. The summed E-state index contributed by atoms with van der Waals surface area (Å²) in [4.78, 5) is 2.56. The average Bonchev–Trinajstić information content (AvgIpc) is 2.72. The smallest absolute Gasteiger partial charge is 0.241 e. The normalized spacial score (nSPS) is 19.9. The average molecular weight is 311 g/mol. The van der Waals surface area contributed by atoms with Crippen LogP contribution in [0.15, 0.2) is 17.0 Å². The topological polar surface area (TPSA) is 61.4 Å². The number of benzene rings is 1. The number of anilines is 1. The Morgan fingerprint density at radius 3 is 2.38 bits per heavy atom. The summed E-state index contributed by atoms with van der Waals surface area (Å²) in [5, 5.41) is 3.22. The lowest BCUT2D eigenvalue weighted by atomic mass is 10.1. The fourth-order valence-electron chi connectivity index (χ4n) is 2.99. The molecule has 118 valence electrons. The van der Waals surface area contributed by atoms with E-state index in [0.717, 1.165) is 42.9 Å². The second-order valence-electron chi connectivity index (χ2n) is 5.84. The summed E-state index contributed by atoms with van der Waals surface area (Å²) in [5.74, 6) is 0. The molecule has 1 saturated heterocycles. The van der Waals surface area contributed by atoms with Crippen molar-refractivity contribution in [2.75, 3.05) is 32.0 Å². The molecular formula is C15H25N3O2S. The highest BCUT2D eigenvalue weighted by Gasteiger charge is 2.27. The van der Waals surface area contributed by atoms with Crippen LogP contribution in [0.5, 0.6) is 0 Å². The number of aryl methyl sites for hydroxylation is 2. The molecule has 1 aromatic carbocycles. The Bertz CT molecular complexity index is 590. The second-order valence-corrected chi connectivity index (χ2v) is 7.49. The minimum Gasteiger partial charge on any atom is -0.385 e. The van der Waals surface area contributed by atoms with Gasteiger partial charge in [0.05, 0.1) is 4.90 Å². The van der Waals surface area contributed by atoms with E-state index < -0.39 is 10.0 Å². The number of hydrogen-bond acceptors (Lipinski definition) is 4. The Hall–Kier alpha value is -1.11. The van der Waals surface area contributed by atoms with Gasteiger partial charge in [0.2, 0.25) is 10.0 Å². The minimum atomic E-state index is -3.46. The highest BCUT2D eigenvalue weighted by Crippen LogP contribution is 2.25. The van der Waals surface area contributed by atoms with Crippen LogP contribution < -0.4 is 10.0 Å². The molecular weight excluding hydrogens is 286 g/mol. The maximum absolute atomic E-state index is 12.7. The number of likely N-dealkylation sites (tertiary alicyclic amines) is 1. The maximum atomic E-state index is 12.7. The van der Waals surface area contributed by atoms with Gasteiger partial charge in [-0.05, 0) is 64.0 Å². The van der Waals surface area contributed by atoms with Crippen LogP contribution in [0.2, 0.25) is 0 Å². The lowest BCUT2D eigenvalue weighted by Gasteiger charge is -2.17. The zero-order valence-electron chi connectivity index (χ0n) is 13.2. The van der Waals surface area contributed by atoms with Crippen molar-refractivity contribution in [2.45, 2.75) is 38.1 Å². The van der Waals surface area contributed by atoms with Gasteiger partial charge in [-0.3, -0.25) is 0 Å². The largest absolute Gasteiger partial charge is 0.385 e. The Morgan fingerprint density at radius 1 is 1.29 bits per heavy atom. The van der Waals surface area contributed by atoms with E-state index in [1.54, 1.807) is 0 Å². The molecule has 5 nitrogen and oxygen atoms in total. The van der Waals surface area contributed by atoms with E-state index in [9.17, 15) is 8.42 Å². The van der Waals surface area contributed by atoms with Crippen molar-refractivity contribution in [3.63, 3.8) is 0 Å². The third-order valence-corrected chi connectivity index (χ3v) is 5.65.